The van der Waals surface area contributed by atoms with E-state index in [0.29, 0.717) is 13.0 Å². The predicted molar refractivity (Wildman–Crippen MR) is 87.5 cm³/mol. The Balaban J connectivity index is 1.75. The van der Waals surface area contributed by atoms with Gasteiger partial charge in [-0.3, -0.25) is 4.79 Å². The Morgan fingerprint density at radius 2 is 1.90 bits per heavy atom. The van der Waals surface area contributed by atoms with Gasteiger partial charge in [0.2, 0.25) is 5.91 Å². The van der Waals surface area contributed by atoms with Gasteiger partial charge in [0, 0.05) is 13.0 Å². The molecule has 0 aliphatic rings. The maximum absolute atomic E-state index is 11.9. The van der Waals surface area contributed by atoms with Crippen molar-refractivity contribution >= 4 is 17.5 Å². The summed E-state index contributed by atoms with van der Waals surface area (Å²) in [5.74, 6) is 0.0399. The minimum Gasteiger partial charge on any atom is -0.354 e. The first-order valence-corrected chi connectivity index (χ1v) is 7.60. The molecule has 1 unspecified atom stereocenters. The standard InChI is InChI=1S/C18H20ClNO/c1-14-6-5-7-15(12-14)10-11-18(21)20-13-17(19)16-8-3-2-4-9-16/h2-9,12,17H,10-11,13H2,1H3,(H,20,21). The molecule has 3 heteroatoms. The summed E-state index contributed by atoms with van der Waals surface area (Å²) in [6.07, 6.45) is 1.24. The maximum Gasteiger partial charge on any atom is 0.220 e. The zero-order valence-electron chi connectivity index (χ0n) is 12.2. The molecule has 2 nitrogen and oxygen atoms in total. The highest BCUT2D eigenvalue weighted by Crippen LogP contribution is 2.18. The molecule has 2 aromatic carbocycles. The van der Waals surface area contributed by atoms with Crippen LogP contribution in [0.2, 0.25) is 0 Å². The zero-order valence-corrected chi connectivity index (χ0v) is 12.9. The molecular formula is C18H20ClNO. The van der Waals surface area contributed by atoms with Gasteiger partial charge in [0.15, 0.2) is 0 Å². The van der Waals surface area contributed by atoms with Gasteiger partial charge >= 0.3 is 0 Å². The Kier molecular flexibility index (Phi) is 5.82. The molecule has 0 aliphatic heterocycles. The van der Waals surface area contributed by atoms with E-state index in [1.54, 1.807) is 0 Å². The largest absolute Gasteiger partial charge is 0.354 e. The molecule has 0 spiro atoms. The van der Waals surface area contributed by atoms with E-state index in [4.69, 9.17) is 11.6 Å². The average molecular weight is 302 g/mol. The molecule has 1 N–H and O–H groups in total. The van der Waals surface area contributed by atoms with Crippen LogP contribution in [0.4, 0.5) is 0 Å². The van der Waals surface area contributed by atoms with E-state index in [2.05, 4.69) is 30.4 Å². The van der Waals surface area contributed by atoms with Crippen LogP contribution in [-0.4, -0.2) is 12.5 Å². The van der Waals surface area contributed by atoms with E-state index >= 15 is 0 Å². The summed E-state index contributed by atoms with van der Waals surface area (Å²) in [6, 6.07) is 18.0. The Morgan fingerprint density at radius 3 is 2.62 bits per heavy atom. The lowest BCUT2D eigenvalue weighted by Crippen LogP contribution is -2.27. The normalized spacial score (nSPS) is 11.9. The summed E-state index contributed by atoms with van der Waals surface area (Å²) in [5, 5.41) is 2.71. The molecule has 1 atom stereocenters. The number of carbonyl (C=O) groups excluding carboxylic acids is 1. The average Bonchev–Trinajstić information content (AvgIpc) is 2.51. The molecule has 0 radical (unpaired) electrons. The SMILES string of the molecule is Cc1cccc(CCC(=O)NCC(Cl)c2ccccc2)c1. The first-order chi connectivity index (χ1) is 10.1. The first-order valence-electron chi connectivity index (χ1n) is 7.16. The molecule has 0 heterocycles. The van der Waals surface area contributed by atoms with E-state index < -0.39 is 0 Å². The fourth-order valence-corrected chi connectivity index (χ4v) is 2.42. The van der Waals surface area contributed by atoms with E-state index in [1.165, 1.54) is 11.1 Å². The number of alkyl halides is 1. The molecule has 0 bridgehead atoms. The van der Waals surface area contributed by atoms with Gasteiger partial charge in [0.25, 0.3) is 0 Å². The second-order valence-electron chi connectivity index (χ2n) is 5.17. The molecule has 0 aliphatic carbocycles. The Hall–Kier alpha value is -1.80. The minimum absolute atomic E-state index is 0.0399. The second-order valence-corrected chi connectivity index (χ2v) is 5.70. The van der Waals surface area contributed by atoms with Crippen molar-refractivity contribution in [2.75, 3.05) is 6.54 Å². The molecule has 110 valence electrons. The lowest BCUT2D eigenvalue weighted by atomic mass is 10.1. The highest BCUT2D eigenvalue weighted by atomic mass is 35.5. The van der Waals surface area contributed by atoms with Crippen molar-refractivity contribution < 1.29 is 4.79 Å². The predicted octanol–water partition coefficient (Wildman–Crippen LogP) is 4.02. The third kappa shape index (κ3) is 5.24. The molecule has 0 saturated heterocycles. The van der Waals surface area contributed by atoms with E-state index in [9.17, 15) is 4.79 Å². The molecule has 2 rings (SSSR count). The lowest BCUT2D eigenvalue weighted by molar-refractivity contribution is -0.121. The van der Waals surface area contributed by atoms with Gasteiger partial charge in [-0.2, -0.15) is 0 Å². The second kappa shape index (κ2) is 7.84. The fourth-order valence-electron chi connectivity index (χ4n) is 2.20. The quantitative estimate of drug-likeness (QED) is 0.802. The van der Waals surface area contributed by atoms with Crippen LogP contribution in [-0.2, 0) is 11.2 Å². The summed E-state index contributed by atoms with van der Waals surface area (Å²) < 4.78 is 0. The summed E-state index contributed by atoms with van der Waals surface area (Å²) in [4.78, 5) is 11.9. The van der Waals surface area contributed by atoms with E-state index in [1.807, 2.05) is 36.4 Å². The maximum atomic E-state index is 11.9. The number of aryl methyl sites for hydroxylation is 2. The third-order valence-electron chi connectivity index (χ3n) is 3.36. The molecule has 0 fully saturated rings. The van der Waals surface area contributed by atoms with Crippen molar-refractivity contribution in [3.63, 3.8) is 0 Å². The number of benzene rings is 2. The molecular weight excluding hydrogens is 282 g/mol. The molecule has 1 amide bonds. The van der Waals surface area contributed by atoms with Crippen molar-refractivity contribution in [2.45, 2.75) is 25.1 Å². The zero-order chi connectivity index (χ0) is 15.1. The Labute approximate surface area is 131 Å². The summed E-state index contributed by atoms with van der Waals surface area (Å²) in [6.45, 7) is 2.51. The Bertz CT molecular complexity index is 583. The number of hydrogen-bond donors (Lipinski definition) is 1. The highest BCUT2D eigenvalue weighted by Gasteiger charge is 2.09. The number of rotatable bonds is 6. The van der Waals surface area contributed by atoms with Crippen LogP contribution >= 0.6 is 11.6 Å². The van der Waals surface area contributed by atoms with Crippen LogP contribution in [0.15, 0.2) is 54.6 Å². The van der Waals surface area contributed by atoms with Crippen LogP contribution in [0.5, 0.6) is 0 Å². The van der Waals surface area contributed by atoms with Gasteiger partial charge < -0.3 is 5.32 Å². The molecule has 2 aromatic rings. The lowest BCUT2D eigenvalue weighted by Gasteiger charge is -2.11. The third-order valence-corrected chi connectivity index (χ3v) is 3.77. The van der Waals surface area contributed by atoms with Crippen molar-refractivity contribution in [3.8, 4) is 0 Å². The van der Waals surface area contributed by atoms with E-state index in [-0.39, 0.29) is 11.3 Å². The fraction of sp³-hybridized carbons (Fsp3) is 0.278. The van der Waals surface area contributed by atoms with Crippen molar-refractivity contribution in [1.82, 2.24) is 5.32 Å². The van der Waals surface area contributed by atoms with Gasteiger partial charge in [0.05, 0.1) is 5.38 Å². The molecule has 0 aromatic heterocycles. The summed E-state index contributed by atoms with van der Waals surface area (Å²) in [5.41, 5.74) is 3.44. The van der Waals surface area contributed by atoms with Crippen LogP contribution in [0.25, 0.3) is 0 Å². The van der Waals surface area contributed by atoms with Crippen LogP contribution < -0.4 is 5.32 Å². The highest BCUT2D eigenvalue weighted by molar-refractivity contribution is 6.21. The number of halogens is 1. The smallest absolute Gasteiger partial charge is 0.220 e. The molecule has 21 heavy (non-hydrogen) atoms. The number of nitrogens with one attached hydrogen (secondary N) is 1. The molecule has 0 saturated carbocycles. The van der Waals surface area contributed by atoms with Crippen LogP contribution in [0.1, 0.15) is 28.5 Å². The number of hydrogen-bond acceptors (Lipinski definition) is 1. The minimum atomic E-state index is -0.186. The van der Waals surface area contributed by atoms with Crippen LogP contribution in [0.3, 0.4) is 0 Å². The van der Waals surface area contributed by atoms with Gasteiger partial charge in [0.1, 0.15) is 0 Å². The van der Waals surface area contributed by atoms with E-state index in [0.717, 1.165) is 12.0 Å². The van der Waals surface area contributed by atoms with Crippen molar-refractivity contribution in [1.29, 1.82) is 0 Å². The first kappa shape index (κ1) is 15.6. The summed E-state index contributed by atoms with van der Waals surface area (Å²) in [7, 11) is 0. The Morgan fingerprint density at radius 1 is 1.14 bits per heavy atom. The van der Waals surface area contributed by atoms with Gasteiger partial charge in [-0.05, 0) is 24.5 Å². The van der Waals surface area contributed by atoms with Crippen molar-refractivity contribution in [2.24, 2.45) is 0 Å². The summed E-state index contributed by atoms with van der Waals surface area (Å²) >= 11 is 6.27. The van der Waals surface area contributed by atoms with Gasteiger partial charge in [-0.25, -0.2) is 0 Å². The van der Waals surface area contributed by atoms with Crippen LogP contribution in [0, 0.1) is 6.92 Å². The van der Waals surface area contributed by atoms with Gasteiger partial charge in [-0.15, -0.1) is 11.6 Å². The van der Waals surface area contributed by atoms with Gasteiger partial charge in [-0.1, -0.05) is 60.2 Å². The number of carbonyl (C=O) groups is 1. The van der Waals surface area contributed by atoms with Crippen molar-refractivity contribution in [3.05, 3.63) is 71.3 Å². The number of amides is 1. The topological polar surface area (TPSA) is 29.1 Å². The monoisotopic (exact) mass is 301 g/mol.